The molecule has 0 saturated heterocycles. The topological polar surface area (TPSA) is 102 Å². The zero-order chi connectivity index (χ0) is 12.8. The lowest BCUT2D eigenvalue weighted by Crippen LogP contribution is -2.29. The number of rotatable bonds is 4. The van der Waals surface area contributed by atoms with Crippen molar-refractivity contribution in [2.75, 3.05) is 13.2 Å². The number of hydrogen-bond acceptors (Lipinski definition) is 4. The highest BCUT2D eigenvalue weighted by Crippen LogP contribution is 2.19. The highest BCUT2D eigenvalue weighted by molar-refractivity contribution is 5.96. The standard InChI is InChI=1S/C11H14N2O4/c1-7-8(3-2-4-9(7)14)10(15)13-5-6-17-11(12)16/h2-4,14H,5-6H2,1H3,(H2,12,16)(H,13,15). The van der Waals surface area contributed by atoms with Crippen LogP contribution >= 0.6 is 0 Å². The first-order valence-corrected chi connectivity index (χ1v) is 5.01. The van der Waals surface area contributed by atoms with E-state index in [-0.39, 0.29) is 24.8 Å². The Balaban J connectivity index is 2.53. The summed E-state index contributed by atoms with van der Waals surface area (Å²) < 4.78 is 4.46. The van der Waals surface area contributed by atoms with E-state index in [0.717, 1.165) is 0 Å². The maximum Gasteiger partial charge on any atom is 0.404 e. The van der Waals surface area contributed by atoms with Crippen LogP contribution in [0.4, 0.5) is 4.79 Å². The number of amides is 2. The average molecular weight is 238 g/mol. The van der Waals surface area contributed by atoms with E-state index in [1.54, 1.807) is 19.1 Å². The summed E-state index contributed by atoms with van der Waals surface area (Å²) in [6, 6.07) is 4.68. The predicted molar refractivity (Wildman–Crippen MR) is 60.7 cm³/mol. The van der Waals surface area contributed by atoms with Crippen molar-refractivity contribution < 1.29 is 19.4 Å². The number of phenolic OH excluding ortho intramolecular Hbond substituents is 1. The minimum absolute atomic E-state index is 0.0128. The number of hydrogen-bond donors (Lipinski definition) is 3. The molecule has 0 aliphatic rings. The molecule has 0 aliphatic carbocycles. The molecule has 0 unspecified atom stereocenters. The lowest BCUT2D eigenvalue weighted by atomic mass is 10.1. The normalized spacial score (nSPS) is 9.71. The summed E-state index contributed by atoms with van der Waals surface area (Å²) in [5.74, 6) is -0.280. The molecule has 0 bridgehead atoms. The first-order chi connectivity index (χ1) is 8.02. The molecule has 6 nitrogen and oxygen atoms in total. The Bertz CT molecular complexity index is 431. The summed E-state index contributed by atoms with van der Waals surface area (Å²) in [6.45, 7) is 1.82. The van der Waals surface area contributed by atoms with Crippen molar-refractivity contribution in [1.82, 2.24) is 5.32 Å². The van der Waals surface area contributed by atoms with Crippen LogP contribution in [0, 0.1) is 6.92 Å². The van der Waals surface area contributed by atoms with E-state index in [2.05, 4.69) is 10.1 Å². The van der Waals surface area contributed by atoms with Gasteiger partial charge in [-0.1, -0.05) is 6.07 Å². The Morgan fingerprint density at radius 1 is 1.47 bits per heavy atom. The summed E-state index contributed by atoms with van der Waals surface area (Å²) in [6.07, 6.45) is -0.882. The van der Waals surface area contributed by atoms with Crippen molar-refractivity contribution in [2.45, 2.75) is 6.92 Å². The number of phenols is 1. The zero-order valence-electron chi connectivity index (χ0n) is 9.40. The van der Waals surface area contributed by atoms with Crippen LogP contribution in [0.5, 0.6) is 5.75 Å². The van der Waals surface area contributed by atoms with Gasteiger partial charge in [-0.3, -0.25) is 4.79 Å². The quantitative estimate of drug-likeness (QED) is 0.666. The lowest BCUT2D eigenvalue weighted by Gasteiger charge is -2.08. The van der Waals surface area contributed by atoms with Gasteiger partial charge in [0.05, 0.1) is 6.54 Å². The van der Waals surface area contributed by atoms with Crippen LogP contribution in [-0.4, -0.2) is 30.3 Å². The number of nitrogens with two attached hydrogens (primary N) is 1. The van der Waals surface area contributed by atoms with E-state index in [1.807, 2.05) is 0 Å². The lowest BCUT2D eigenvalue weighted by molar-refractivity contribution is 0.0936. The number of carbonyl (C=O) groups excluding carboxylic acids is 2. The van der Waals surface area contributed by atoms with E-state index in [0.29, 0.717) is 11.1 Å². The SMILES string of the molecule is Cc1c(O)cccc1C(=O)NCCOC(N)=O. The maximum absolute atomic E-state index is 11.7. The summed E-state index contributed by atoms with van der Waals surface area (Å²) in [7, 11) is 0. The van der Waals surface area contributed by atoms with Gasteiger partial charge in [0.2, 0.25) is 0 Å². The molecule has 92 valence electrons. The average Bonchev–Trinajstić information content (AvgIpc) is 2.27. The van der Waals surface area contributed by atoms with Crippen molar-refractivity contribution in [2.24, 2.45) is 5.73 Å². The summed E-state index contributed by atoms with van der Waals surface area (Å²) in [4.78, 5) is 21.9. The van der Waals surface area contributed by atoms with Gasteiger partial charge >= 0.3 is 6.09 Å². The first-order valence-electron chi connectivity index (χ1n) is 5.01. The molecule has 17 heavy (non-hydrogen) atoms. The van der Waals surface area contributed by atoms with Crippen LogP contribution in [0.3, 0.4) is 0 Å². The fourth-order valence-corrected chi connectivity index (χ4v) is 1.28. The third-order valence-electron chi connectivity index (χ3n) is 2.18. The Labute approximate surface area is 98.4 Å². The van der Waals surface area contributed by atoms with Crippen LogP contribution in [0.25, 0.3) is 0 Å². The molecule has 6 heteroatoms. The molecule has 1 aromatic carbocycles. The van der Waals surface area contributed by atoms with Gasteiger partial charge in [-0.15, -0.1) is 0 Å². The number of benzene rings is 1. The molecule has 0 aliphatic heterocycles. The molecule has 0 atom stereocenters. The van der Waals surface area contributed by atoms with Crippen LogP contribution in [-0.2, 0) is 4.74 Å². The highest BCUT2D eigenvalue weighted by atomic mass is 16.5. The van der Waals surface area contributed by atoms with Crippen LogP contribution < -0.4 is 11.1 Å². The first kappa shape index (κ1) is 12.8. The number of aromatic hydroxyl groups is 1. The summed E-state index contributed by atoms with van der Waals surface area (Å²) in [5, 5.41) is 12.0. The highest BCUT2D eigenvalue weighted by Gasteiger charge is 2.10. The molecule has 4 N–H and O–H groups in total. The molecular formula is C11H14N2O4. The summed E-state index contributed by atoms with van der Waals surface area (Å²) in [5.41, 5.74) is 5.64. The second kappa shape index (κ2) is 5.74. The van der Waals surface area contributed by atoms with Gasteiger partial charge in [-0.25, -0.2) is 4.79 Å². The Morgan fingerprint density at radius 3 is 2.82 bits per heavy atom. The molecule has 0 heterocycles. The third kappa shape index (κ3) is 3.67. The predicted octanol–water partition coefficient (Wildman–Crippen LogP) is 0.526. The molecular weight excluding hydrogens is 224 g/mol. The monoisotopic (exact) mass is 238 g/mol. The van der Waals surface area contributed by atoms with E-state index in [1.165, 1.54) is 6.07 Å². The smallest absolute Gasteiger partial charge is 0.404 e. The van der Waals surface area contributed by atoms with Gasteiger partial charge in [0.15, 0.2) is 0 Å². The van der Waals surface area contributed by atoms with E-state index in [9.17, 15) is 14.7 Å². The minimum atomic E-state index is -0.882. The summed E-state index contributed by atoms with van der Waals surface area (Å²) >= 11 is 0. The van der Waals surface area contributed by atoms with Gasteiger partial charge in [-0.05, 0) is 19.1 Å². The second-order valence-corrected chi connectivity index (χ2v) is 3.37. The Kier molecular flexibility index (Phi) is 4.33. The third-order valence-corrected chi connectivity index (χ3v) is 2.18. The van der Waals surface area contributed by atoms with Gasteiger partial charge in [-0.2, -0.15) is 0 Å². The zero-order valence-corrected chi connectivity index (χ0v) is 9.40. The van der Waals surface area contributed by atoms with E-state index in [4.69, 9.17) is 5.73 Å². The van der Waals surface area contributed by atoms with E-state index >= 15 is 0 Å². The number of primary amides is 1. The van der Waals surface area contributed by atoms with Gasteiger partial charge < -0.3 is 20.9 Å². The molecule has 0 saturated carbocycles. The maximum atomic E-state index is 11.7. The van der Waals surface area contributed by atoms with Gasteiger partial charge in [0, 0.05) is 11.1 Å². The van der Waals surface area contributed by atoms with Crippen LogP contribution in [0.2, 0.25) is 0 Å². The van der Waals surface area contributed by atoms with E-state index < -0.39 is 6.09 Å². The van der Waals surface area contributed by atoms with Crippen molar-refractivity contribution in [1.29, 1.82) is 0 Å². The second-order valence-electron chi connectivity index (χ2n) is 3.37. The molecule has 0 spiro atoms. The largest absolute Gasteiger partial charge is 0.508 e. The number of nitrogens with one attached hydrogen (secondary N) is 1. The van der Waals surface area contributed by atoms with Crippen molar-refractivity contribution in [3.63, 3.8) is 0 Å². The van der Waals surface area contributed by atoms with Crippen molar-refractivity contribution >= 4 is 12.0 Å². The molecule has 2 amide bonds. The minimum Gasteiger partial charge on any atom is -0.508 e. The molecule has 0 radical (unpaired) electrons. The fraction of sp³-hybridized carbons (Fsp3) is 0.273. The van der Waals surface area contributed by atoms with Crippen LogP contribution in [0.15, 0.2) is 18.2 Å². The van der Waals surface area contributed by atoms with Crippen LogP contribution in [0.1, 0.15) is 15.9 Å². The van der Waals surface area contributed by atoms with Crippen molar-refractivity contribution in [3.8, 4) is 5.75 Å². The Morgan fingerprint density at radius 2 is 2.18 bits per heavy atom. The van der Waals surface area contributed by atoms with Crippen molar-refractivity contribution in [3.05, 3.63) is 29.3 Å². The molecule has 1 aromatic rings. The number of carbonyl (C=O) groups is 2. The Hall–Kier alpha value is -2.24. The fourth-order valence-electron chi connectivity index (χ4n) is 1.28. The molecule has 0 fully saturated rings. The molecule has 0 aromatic heterocycles. The molecule has 1 rings (SSSR count). The van der Waals surface area contributed by atoms with Gasteiger partial charge in [0.25, 0.3) is 5.91 Å². The van der Waals surface area contributed by atoms with Gasteiger partial charge in [0.1, 0.15) is 12.4 Å². The number of ether oxygens (including phenoxy) is 1.